The number of anilines is 1. The summed E-state index contributed by atoms with van der Waals surface area (Å²) in [5.74, 6) is -1.11. The first kappa shape index (κ1) is 14.3. The lowest BCUT2D eigenvalue weighted by Gasteiger charge is -2.28. The lowest BCUT2D eigenvalue weighted by atomic mass is 10.0. The molecule has 1 aliphatic rings. The second-order valence-electron chi connectivity index (χ2n) is 5.19. The van der Waals surface area contributed by atoms with Gasteiger partial charge in [0.1, 0.15) is 0 Å². The highest BCUT2D eigenvalue weighted by atomic mass is 16.2. The van der Waals surface area contributed by atoms with Gasteiger partial charge in [-0.1, -0.05) is 24.3 Å². The first-order valence-electron chi connectivity index (χ1n) is 7.33. The fourth-order valence-electron chi connectivity index (χ4n) is 2.62. The average molecular weight is 295 g/mol. The number of pyridine rings is 1. The Morgan fingerprint density at radius 2 is 1.95 bits per heavy atom. The Morgan fingerprint density at radius 3 is 2.77 bits per heavy atom. The number of rotatable bonds is 2. The molecule has 5 nitrogen and oxygen atoms in total. The highest BCUT2D eigenvalue weighted by Crippen LogP contribution is 2.26. The van der Waals surface area contributed by atoms with Crippen molar-refractivity contribution in [2.45, 2.75) is 19.4 Å². The number of nitrogens with one attached hydrogen (secondary N) is 1. The molecule has 1 aromatic carbocycles. The summed E-state index contributed by atoms with van der Waals surface area (Å²) in [6, 6.07) is 13.2. The molecule has 0 saturated heterocycles. The number of aromatic nitrogens is 1. The minimum absolute atomic E-state index is 0.251. The molecule has 0 spiro atoms. The summed E-state index contributed by atoms with van der Waals surface area (Å²) in [6.45, 7) is 0.827. The molecule has 0 aliphatic carbocycles. The SMILES string of the molecule is O=C(NCc1ccccn1)C(=O)N1CCCc2ccccc21. The fourth-order valence-corrected chi connectivity index (χ4v) is 2.62. The van der Waals surface area contributed by atoms with Gasteiger partial charge in [-0.05, 0) is 36.6 Å². The van der Waals surface area contributed by atoms with Crippen LogP contribution >= 0.6 is 0 Å². The van der Waals surface area contributed by atoms with Gasteiger partial charge in [-0.2, -0.15) is 0 Å². The number of amides is 2. The van der Waals surface area contributed by atoms with Gasteiger partial charge in [-0.15, -0.1) is 0 Å². The number of hydrogen-bond acceptors (Lipinski definition) is 3. The monoisotopic (exact) mass is 295 g/mol. The first-order valence-corrected chi connectivity index (χ1v) is 7.33. The summed E-state index contributed by atoms with van der Waals surface area (Å²) in [6.07, 6.45) is 3.47. The number of hydrogen-bond donors (Lipinski definition) is 1. The van der Waals surface area contributed by atoms with E-state index in [1.807, 2.05) is 30.3 Å². The molecule has 1 aliphatic heterocycles. The van der Waals surface area contributed by atoms with Crippen molar-refractivity contribution < 1.29 is 9.59 Å². The molecular weight excluding hydrogens is 278 g/mol. The van der Waals surface area contributed by atoms with Crippen LogP contribution in [-0.2, 0) is 22.6 Å². The Hall–Kier alpha value is -2.69. The molecular formula is C17H17N3O2. The first-order chi connectivity index (χ1) is 10.8. The lowest BCUT2D eigenvalue weighted by Crippen LogP contribution is -2.45. The van der Waals surface area contributed by atoms with Crippen LogP contribution in [0.4, 0.5) is 5.69 Å². The van der Waals surface area contributed by atoms with E-state index in [9.17, 15) is 9.59 Å². The second-order valence-corrected chi connectivity index (χ2v) is 5.19. The maximum absolute atomic E-state index is 12.4. The molecule has 1 aromatic heterocycles. The Morgan fingerprint density at radius 1 is 1.14 bits per heavy atom. The molecule has 2 aromatic rings. The van der Waals surface area contributed by atoms with E-state index in [0.29, 0.717) is 6.54 Å². The van der Waals surface area contributed by atoms with Gasteiger partial charge in [0, 0.05) is 18.4 Å². The summed E-state index contributed by atoms with van der Waals surface area (Å²) < 4.78 is 0. The van der Waals surface area contributed by atoms with Crippen LogP contribution in [0.5, 0.6) is 0 Å². The van der Waals surface area contributed by atoms with E-state index in [4.69, 9.17) is 0 Å². The largest absolute Gasteiger partial charge is 0.342 e. The normalized spacial score (nSPS) is 13.4. The fraction of sp³-hybridized carbons (Fsp3) is 0.235. The number of aryl methyl sites for hydroxylation is 1. The molecule has 2 heterocycles. The maximum Gasteiger partial charge on any atom is 0.316 e. The summed E-state index contributed by atoms with van der Waals surface area (Å²) in [7, 11) is 0. The third-order valence-electron chi connectivity index (χ3n) is 3.71. The summed E-state index contributed by atoms with van der Waals surface area (Å²) in [4.78, 5) is 30.2. The van der Waals surface area contributed by atoms with Crippen LogP contribution in [-0.4, -0.2) is 23.3 Å². The number of para-hydroxylation sites is 1. The van der Waals surface area contributed by atoms with Gasteiger partial charge in [0.25, 0.3) is 0 Å². The molecule has 1 N–H and O–H groups in total. The zero-order chi connectivity index (χ0) is 15.4. The van der Waals surface area contributed by atoms with E-state index in [1.165, 1.54) is 0 Å². The lowest BCUT2D eigenvalue weighted by molar-refractivity contribution is -0.137. The molecule has 0 radical (unpaired) electrons. The molecule has 0 fully saturated rings. The van der Waals surface area contributed by atoms with Crippen molar-refractivity contribution in [3.8, 4) is 0 Å². The molecule has 5 heteroatoms. The molecule has 0 saturated carbocycles. The molecule has 2 amide bonds. The molecule has 0 unspecified atom stereocenters. The van der Waals surface area contributed by atoms with Crippen LogP contribution in [0, 0.1) is 0 Å². The average Bonchev–Trinajstić information content (AvgIpc) is 2.59. The van der Waals surface area contributed by atoms with Crippen LogP contribution in [0.3, 0.4) is 0 Å². The molecule has 0 atom stereocenters. The second kappa shape index (κ2) is 6.39. The standard InChI is InChI=1S/C17H17N3O2/c21-16(19-12-14-8-3-4-10-18-14)17(22)20-11-5-7-13-6-1-2-9-15(13)20/h1-4,6,8-10H,5,7,11-12H2,(H,19,21). The minimum atomic E-state index is -0.595. The Bertz CT molecular complexity index is 685. The van der Waals surface area contributed by atoms with Gasteiger partial charge >= 0.3 is 11.8 Å². The van der Waals surface area contributed by atoms with Gasteiger partial charge in [0.2, 0.25) is 0 Å². The molecule has 3 rings (SSSR count). The van der Waals surface area contributed by atoms with Crippen LogP contribution in [0.2, 0.25) is 0 Å². The maximum atomic E-state index is 12.4. The topological polar surface area (TPSA) is 62.3 Å². The smallest absolute Gasteiger partial charge is 0.316 e. The van der Waals surface area contributed by atoms with Crippen LogP contribution in [0.15, 0.2) is 48.7 Å². The van der Waals surface area contributed by atoms with Crippen molar-refractivity contribution in [3.05, 3.63) is 59.9 Å². The number of benzene rings is 1. The van der Waals surface area contributed by atoms with Crippen LogP contribution < -0.4 is 10.2 Å². The zero-order valence-corrected chi connectivity index (χ0v) is 12.2. The summed E-state index contributed by atoms with van der Waals surface area (Å²) in [5, 5.41) is 2.63. The summed E-state index contributed by atoms with van der Waals surface area (Å²) >= 11 is 0. The molecule has 112 valence electrons. The Kier molecular flexibility index (Phi) is 4.14. The predicted molar refractivity (Wildman–Crippen MR) is 83.2 cm³/mol. The van der Waals surface area contributed by atoms with Crippen molar-refractivity contribution in [2.24, 2.45) is 0 Å². The number of nitrogens with zero attached hydrogens (tertiary/aromatic N) is 2. The van der Waals surface area contributed by atoms with Crippen molar-refractivity contribution in [2.75, 3.05) is 11.4 Å². The van der Waals surface area contributed by atoms with Crippen LogP contribution in [0.25, 0.3) is 0 Å². The third-order valence-corrected chi connectivity index (χ3v) is 3.71. The van der Waals surface area contributed by atoms with Crippen molar-refractivity contribution in [1.29, 1.82) is 0 Å². The van der Waals surface area contributed by atoms with Gasteiger partial charge in [-0.3, -0.25) is 14.6 Å². The molecule has 22 heavy (non-hydrogen) atoms. The van der Waals surface area contributed by atoms with Crippen molar-refractivity contribution >= 4 is 17.5 Å². The Labute approximate surface area is 129 Å². The van der Waals surface area contributed by atoms with E-state index < -0.39 is 11.8 Å². The highest BCUT2D eigenvalue weighted by molar-refractivity contribution is 6.40. The zero-order valence-electron chi connectivity index (χ0n) is 12.2. The van der Waals surface area contributed by atoms with Gasteiger partial charge in [0.05, 0.1) is 12.2 Å². The van der Waals surface area contributed by atoms with E-state index >= 15 is 0 Å². The van der Waals surface area contributed by atoms with Gasteiger partial charge in [0.15, 0.2) is 0 Å². The highest BCUT2D eigenvalue weighted by Gasteiger charge is 2.26. The van der Waals surface area contributed by atoms with E-state index in [1.54, 1.807) is 23.2 Å². The van der Waals surface area contributed by atoms with E-state index in [0.717, 1.165) is 29.8 Å². The number of carbonyl (C=O) groups excluding carboxylic acids is 2. The number of carbonyl (C=O) groups is 2. The van der Waals surface area contributed by atoms with Crippen LogP contribution in [0.1, 0.15) is 17.7 Å². The quantitative estimate of drug-likeness (QED) is 0.857. The predicted octanol–water partition coefficient (Wildman–Crippen LogP) is 1.68. The van der Waals surface area contributed by atoms with E-state index in [-0.39, 0.29) is 6.54 Å². The minimum Gasteiger partial charge on any atom is -0.342 e. The molecule has 0 bridgehead atoms. The number of fused-ring (bicyclic) bond motifs is 1. The van der Waals surface area contributed by atoms with Crippen molar-refractivity contribution in [1.82, 2.24) is 10.3 Å². The van der Waals surface area contributed by atoms with Gasteiger partial charge in [-0.25, -0.2) is 0 Å². The Balaban J connectivity index is 1.68. The third kappa shape index (κ3) is 2.98. The summed E-state index contributed by atoms with van der Waals surface area (Å²) in [5.41, 5.74) is 2.68. The van der Waals surface area contributed by atoms with Gasteiger partial charge < -0.3 is 10.2 Å². The van der Waals surface area contributed by atoms with E-state index in [2.05, 4.69) is 10.3 Å². The van der Waals surface area contributed by atoms with Crippen molar-refractivity contribution in [3.63, 3.8) is 0 Å².